The highest BCUT2D eigenvalue weighted by Gasteiger charge is 2.50. The molecule has 0 aromatic heterocycles. The van der Waals surface area contributed by atoms with E-state index in [2.05, 4.69) is 0 Å². The Balaban J connectivity index is 0.00000288. The molecule has 2 fully saturated rings. The largest absolute Gasteiger partial charge is 0.412 e. The van der Waals surface area contributed by atoms with Gasteiger partial charge in [-0.2, -0.15) is 0 Å². The minimum absolute atomic E-state index is 0. The maximum atomic E-state index is 9.94. The number of hydrogen-bond donors (Lipinski definition) is 8. The van der Waals surface area contributed by atoms with Crippen molar-refractivity contribution in [2.45, 2.75) is 61.4 Å². The van der Waals surface area contributed by atoms with Crippen LogP contribution in [0.5, 0.6) is 0 Å². The van der Waals surface area contributed by atoms with Crippen LogP contribution in [0.15, 0.2) is 0 Å². The second kappa shape index (κ2) is 9.98. The highest BCUT2D eigenvalue weighted by molar-refractivity contribution is 4.93. The lowest BCUT2D eigenvalue weighted by Gasteiger charge is -2.45. The lowest BCUT2D eigenvalue weighted by Crippen LogP contribution is -2.64. The van der Waals surface area contributed by atoms with Crippen LogP contribution in [0.4, 0.5) is 0 Å². The normalized spacial score (nSPS) is 47.5. The van der Waals surface area contributed by atoms with Crippen molar-refractivity contribution < 1.29 is 66.0 Å². The molecule has 0 spiro atoms. The fraction of sp³-hybridized carbons (Fsp3) is 1.00. The quantitative estimate of drug-likeness (QED) is 0.228. The third-order valence-electron chi connectivity index (χ3n) is 3.98. The predicted molar refractivity (Wildman–Crippen MR) is 75.8 cm³/mol. The van der Waals surface area contributed by atoms with Gasteiger partial charge in [0.1, 0.15) is 48.8 Å². The summed E-state index contributed by atoms with van der Waals surface area (Å²) in [6, 6.07) is 0. The van der Waals surface area contributed by atoms with Crippen molar-refractivity contribution in [1.29, 1.82) is 0 Å². The van der Waals surface area contributed by atoms with Gasteiger partial charge in [-0.1, -0.05) is 0 Å². The van der Waals surface area contributed by atoms with Crippen molar-refractivity contribution in [2.24, 2.45) is 0 Å². The highest BCUT2D eigenvalue weighted by atomic mass is 16.7. The lowest BCUT2D eigenvalue weighted by atomic mass is 9.97. The van der Waals surface area contributed by atoms with Gasteiger partial charge in [0.05, 0.1) is 13.2 Å². The third-order valence-corrected chi connectivity index (χ3v) is 3.98. The number of hydrogen-bond acceptors (Lipinski definition) is 11. The van der Waals surface area contributed by atoms with Crippen LogP contribution in [0.3, 0.4) is 0 Å². The second-order valence-corrected chi connectivity index (χ2v) is 5.53. The van der Waals surface area contributed by atoms with Gasteiger partial charge >= 0.3 is 0 Å². The van der Waals surface area contributed by atoms with Crippen LogP contribution in [0.1, 0.15) is 0 Å². The van der Waals surface area contributed by atoms with Gasteiger partial charge in [-0.3, -0.25) is 0 Å². The Hall–Kier alpha value is -0.520. The minimum Gasteiger partial charge on any atom is -0.412 e. The molecule has 10 atom stereocenters. The van der Waals surface area contributed by atoms with Crippen molar-refractivity contribution in [1.82, 2.24) is 0 Å². The Morgan fingerprint density at radius 2 is 1.20 bits per heavy atom. The molecule has 0 unspecified atom stereocenters. The van der Waals surface area contributed by atoms with E-state index in [4.69, 9.17) is 19.3 Å². The summed E-state index contributed by atoms with van der Waals surface area (Å²) in [7, 11) is 0. The van der Waals surface area contributed by atoms with Crippen LogP contribution in [0.2, 0.25) is 0 Å². The molecule has 13 heteroatoms. The van der Waals surface area contributed by atoms with Gasteiger partial charge in [-0.05, 0) is 0 Å². The second-order valence-electron chi connectivity index (χ2n) is 5.53. The molecule has 0 aromatic rings. The first-order chi connectivity index (χ1) is 10.8. The summed E-state index contributed by atoms with van der Waals surface area (Å²) >= 11 is 0. The van der Waals surface area contributed by atoms with Gasteiger partial charge in [0.2, 0.25) is 0 Å². The topological polar surface area (TPSA) is 253 Å². The van der Waals surface area contributed by atoms with Crippen LogP contribution >= 0.6 is 0 Å². The van der Waals surface area contributed by atoms with E-state index in [0.29, 0.717) is 0 Å². The maximum absolute atomic E-state index is 9.94. The average Bonchev–Trinajstić information content (AvgIpc) is 2.55. The lowest BCUT2D eigenvalue weighted by molar-refractivity contribution is -0.355. The van der Waals surface area contributed by atoms with E-state index < -0.39 is 74.6 Å². The van der Waals surface area contributed by atoms with E-state index in [1.807, 2.05) is 0 Å². The van der Waals surface area contributed by atoms with E-state index in [1.165, 1.54) is 0 Å². The fourth-order valence-electron chi connectivity index (χ4n) is 2.57. The summed E-state index contributed by atoms with van der Waals surface area (Å²) in [5, 5.41) is 76.5. The van der Waals surface area contributed by atoms with Crippen molar-refractivity contribution in [2.75, 3.05) is 13.2 Å². The van der Waals surface area contributed by atoms with Crippen LogP contribution in [-0.4, -0.2) is 126 Å². The first-order valence-corrected chi connectivity index (χ1v) is 7.08. The fourth-order valence-corrected chi connectivity index (χ4v) is 2.57. The van der Waals surface area contributed by atoms with Gasteiger partial charge in [0.25, 0.3) is 0 Å². The summed E-state index contributed by atoms with van der Waals surface area (Å²) in [6.45, 7) is -1.35. The first-order valence-electron chi connectivity index (χ1n) is 7.08. The van der Waals surface area contributed by atoms with Crippen molar-refractivity contribution in [3.05, 3.63) is 0 Å². The first kappa shape index (κ1) is 24.5. The van der Waals surface area contributed by atoms with Gasteiger partial charge in [-0.25, -0.2) is 0 Å². The van der Waals surface area contributed by atoms with Gasteiger partial charge in [-0.15, -0.1) is 0 Å². The molecule has 0 aliphatic carbocycles. The summed E-state index contributed by atoms with van der Waals surface area (Å²) in [5.74, 6) is 0. The molecule has 25 heavy (non-hydrogen) atoms. The molecule has 2 heterocycles. The van der Waals surface area contributed by atoms with E-state index in [1.54, 1.807) is 0 Å². The van der Waals surface area contributed by atoms with E-state index in [-0.39, 0.29) is 11.0 Å². The monoisotopic (exact) mass is 378 g/mol. The molecule has 2 aliphatic heterocycles. The molecule has 0 amide bonds. The number of aliphatic hydroxyl groups is 8. The molecule has 0 radical (unpaired) electrons. The average molecular weight is 378 g/mol. The van der Waals surface area contributed by atoms with Crippen LogP contribution in [0.25, 0.3) is 0 Å². The zero-order valence-electron chi connectivity index (χ0n) is 13.0. The van der Waals surface area contributed by atoms with Crippen molar-refractivity contribution in [3.63, 3.8) is 0 Å². The summed E-state index contributed by atoms with van der Waals surface area (Å²) in [4.78, 5) is 0. The summed E-state index contributed by atoms with van der Waals surface area (Å²) < 4.78 is 15.3. The van der Waals surface area contributed by atoms with Gasteiger partial charge in [0, 0.05) is 0 Å². The Morgan fingerprint density at radius 1 is 0.640 bits per heavy atom. The van der Waals surface area contributed by atoms with Gasteiger partial charge < -0.3 is 66.0 Å². The standard InChI is InChI=1S/C12H22O11.2H2O/c13-1-3-5(15)6(16)9(19)12(22-3)23-10-4(2-14)21-11(20)8(18)7(10)17;;/h3-20H,1-2H2;2*1H2/t3-,4-,5+,6+,7-,8-,9-,10-,11+,12+;;/m1../s1. The predicted octanol–water partition coefficient (Wildman–Crippen LogP) is -7.05. The minimum atomic E-state index is -1.74. The SMILES string of the molecule is O.O.OC[C@H]1O[C@@H](O[C@H]2[C@H](O)[C@@H](O)[C@@H](O)O[C@@H]2CO)[C@H](O)[C@@H](O)[C@H]1O. The smallest absolute Gasteiger partial charge is 0.187 e. The number of ether oxygens (including phenoxy) is 3. The van der Waals surface area contributed by atoms with Crippen molar-refractivity contribution >= 4 is 0 Å². The molecule has 0 aromatic carbocycles. The zero-order valence-corrected chi connectivity index (χ0v) is 13.0. The number of rotatable bonds is 4. The van der Waals surface area contributed by atoms with Crippen LogP contribution in [-0.2, 0) is 14.2 Å². The van der Waals surface area contributed by atoms with Crippen molar-refractivity contribution in [3.8, 4) is 0 Å². The number of aliphatic hydroxyl groups excluding tert-OH is 8. The molecule has 2 saturated heterocycles. The molecule has 0 bridgehead atoms. The molecule has 12 N–H and O–H groups in total. The summed E-state index contributed by atoms with van der Waals surface area (Å²) in [6.07, 6.45) is -15.6. The van der Waals surface area contributed by atoms with E-state index in [9.17, 15) is 35.7 Å². The molecule has 152 valence electrons. The van der Waals surface area contributed by atoms with E-state index in [0.717, 1.165) is 0 Å². The molecule has 2 aliphatic rings. The Morgan fingerprint density at radius 3 is 1.72 bits per heavy atom. The Labute approximate surface area is 141 Å². The molecular weight excluding hydrogens is 352 g/mol. The maximum Gasteiger partial charge on any atom is 0.187 e. The Bertz CT molecular complexity index is 380. The zero-order chi connectivity index (χ0) is 17.3. The molecule has 2 rings (SSSR count). The van der Waals surface area contributed by atoms with Crippen LogP contribution < -0.4 is 0 Å². The van der Waals surface area contributed by atoms with Crippen LogP contribution in [0, 0.1) is 0 Å². The third kappa shape index (κ3) is 4.81. The Kier molecular flexibility index (Phi) is 9.77. The molecular formula is C12H26O13. The van der Waals surface area contributed by atoms with E-state index >= 15 is 0 Å². The summed E-state index contributed by atoms with van der Waals surface area (Å²) in [5.41, 5.74) is 0. The highest BCUT2D eigenvalue weighted by Crippen LogP contribution is 2.28. The molecule has 13 nitrogen and oxygen atoms in total. The van der Waals surface area contributed by atoms with Gasteiger partial charge in [0.15, 0.2) is 12.6 Å². The molecule has 0 saturated carbocycles.